The molecule has 2 rings (SSSR count). The van der Waals surface area contributed by atoms with Crippen molar-refractivity contribution in [1.82, 2.24) is 0 Å². The highest BCUT2D eigenvalue weighted by molar-refractivity contribution is 9.10. The van der Waals surface area contributed by atoms with E-state index in [4.69, 9.17) is 0 Å². The van der Waals surface area contributed by atoms with Crippen LogP contribution in [0.15, 0.2) is 16.6 Å². The second-order valence-corrected chi connectivity index (χ2v) is 7.47. The number of benzene rings is 1. The predicted molar refractivity (Wildman–Crippen MR) is 73.5 cm³/mol. The molecule has 1 aliphatic rings. The van der Waals surface area contributed by atoms with Crippen molar-refractivity contribution in [3.63, 3.8) is 0 Å². The zero-order valence-corrected chi connectivity index (χ0v) is 12.5. The van der Waals surface area contributed by atoms with Crippen molar-refractivity contribution in [3.8, 4) is 0 Å². The topological polar surface area (TPSA) is 46.2 Å². The Hall–Kier alpha value is -0.690. The molecule has 1 aliphatic carbocycles. The van der Waals surface area contributed by atoms with E-state index in [1.807, 2.05) is 0 Å². The minimum Gasteiger partial charge on any atom is -0.280 e. The van der Waals surface area contributed by atoms with E-state index < -0.39 is 26.9 Å². The van der Waals surface area contributed by atoms with Crippen molar-refractivity contribution < 1.29 is 17.2 Å². The predicted octanol–water partition coefficient (Wildman–Crippen LogP) is 3.80. The summed E-state index contributed by atoms with van der Waals surface area (Å²) in [6, 6.07) is 1.76. The molecular weight excluding hydrogens is 340 g/mol. The van der Waals surface area contributed by atoms with E-state index in [9.17, 15) is 17.2 Å². The van der Waals surface area contributed by atoms with Gasteiger partial charge in [-0.3, -0.25) is 4.72 Å². The number of rotatable bonds is 3. The van der Waals surface area contributed by atoms with Crippen LogP contribution in [0.1, 0.15) is 32.1 Å². The van der Waals surface area contributed by atoms with Crippen molar-refractivity contribution in [3.05, 3.63) is 28.2 Å². The van der Waals surface area contributed by atoms with Gasteiger partial charge in [0.15, 0.2) is 0 Å². The molecule has 0 radical (unpaired) electrons. The second-order valence-electron chi connectivity index (χ2n) is 4.65. The zero-order valence-electron chi connectivity index (χ0n) is 10.1. The largest absolute Gasteiger partial charge is 0.280 e. The molecule has 0 amide bonds. The highest BCUT2D eigenvalue weighted by Gasteiger charge is 2.28. The first-order valence-corrected chi connectivity index (χ1v) is 8.40. The van der Waals surface area contributed by atoms with Crippen molar-refractivity contribution >= 4 is 31.6 Å². The summed E-state index contributed by atoms with van der Waals surface area (Å²) in [7, 11) is -3.66. The third-order valence-corrected chi connectivity index (χ3v) is 5.71. The summed E-state index contributed by atoms with van der Waals surface area (Å²) >= 11 is 2.84. The highest BCUT2D eigenvalue weighted by atomic mass is 79.9. The molecule has 3 nitrogen and oxygen atoms in total. The molecule has 1 N–H and O–H groups in total. The van der Waals surface area contributed by atoms with E-state index in [0.29, 0.717) is 12.8 Å². The fraction of sp³-hybridized carbons (Fsp3) is 0.500. The molecule has 0 aromatic heterocycles. The SMILES string of the molecule is O=S(=O)(Nc1cc(F)c(Br)cc1F)C1CCCCC1. The Bertz CT molecular complexity index is 571. The van der Waals surface area contributed by atoms with E-state index in [1.165, 1.54) is 0 Å². The van der Waals surface area contributed by atoms with Gasteiger partial charge in [-0.1, -0.05) is 19.3 Å². The van der Waals surface area contributed by atoms with Crippen molar-refractivity contribution in [1.29, 1.82) is 0 Å². The highest BCUT2D eigenvalue weighted by Crippen LogP contribution is 2.28. The molecule has 1 aromatic rings. The van der Waals surface area contributed by atoms with Crippen LogP contribution in [0.2, 0.25) is 0 Å². The quantitative estimate of drug-likeness (QED) is 0.840. The molecule has 19 heavy (non-hydrogen) atoms. The lowest BCUT2D eigenvalue weighted by Crippen LogP contribution is -2.30. The maximum absolute atomic E-state index is 13.6. The number of sulfonamides is 1. The van der Waals surface area contributed by atoms with Gasteiger partial charge in [0.2, 0.25) is 10.0 Å². The summed E-state index contributed by atoms with van der Waals surface area (Å²) in [6.45, 7) is 0. The standard InChI is InChI=1S/C12H14BrF2NO2S/c13-9-6-11(15)12(7-10(9)14)16-19(17,18)8-4-2-1-3-5-8/h6-8,16H,1-5H2. The number of anilines is 1. The van der Waals surface area contributed by atoms with Gasteiger partial charge >= 0.3 is 0 Å². The summed E-state index contributed by atoms with van der Waals surface area (Å²) in [5, 5.41) is -0.521. The minimum atomic E-state index is -3.66. The van der Waals surface area contributed by atoms with Gasteiger partial charge in [-0.05, 0) is 34.8 Å². The van der Waals surface area contributed by atoms with Crippen LogP contribution in [0.5, 0.6) is 0 Å². The maximum Gasteiger partial charge on any atom is 0.235 e. The molecule has 0 bridgehead atoms. The van der Waals surface area contributed by atoms with Crippen LogP contribution in [0, 0.1) is 11.6 Å². The van der Waals surface area contributed by atoms with Crippen LogP contribution >= 0.6 is 15.9 Å². The number of hydrogen-bond acceptors (Lipinski definition) is 2. The third-order valence-electron chi connectivity index (χ3n) is 3.25. The van der Waals surface area contributed by atoms with E-state index in [1.54, 1.807) is 0 Å². The Morgan fingerprint density at radius 2 is 1.74 bits per heavy atom. The average Bonchev–Trinajstić information content (AvgIpc) is 2.37. The van der Waals surface area contributed by atoms with Gasteiger partial charge in [-0.2, -0.15) is 0 Å². The number of halogens is 3. The van der Waals surface area contributed by atoms with Gasteiger partial charge in [-0.25, -0.2) is 17.2 Å². The molecule has 106 valence electrons. The van der Waals surface area contributed by atoms with Crippen molar-refractivity contribution in [2.75, 3.05) is 4.72 Å². The summed E-state index contributed by atoms with van der Waals surface area (Å²) < 4.78 is 53.2. The minimum absolute atomic E-state index is 0.0365. The zero-order chi connectivity index (χ0) is 14.0. The first kappa shape index (κ1) is 14.7. The first-order chi connectivity index (χ1) is 8.90. The van der Waals surface area contributed by atoms with Gasteiger partial charge in [0.25, 0.3) is 0 Å². The molecule has 0 unspecified atom stereocenters. The van der Waals surface area contributed by atoms with Crippen LogP contribution in [0.25, 0.3) is 0 Å². The van der Waals surface area contributed by atoms with Gasteiger partial charge in [0, 0.05) is 6.07 Å². The molecule has 1 fully saturated rings. The second kappa shape index (κ2) is 5.75. The Labute approximate surface area is 119 Å². The van der Waals surface area contributed by atoms with Gasteiger partial charge < -0.3 is 0 Å². The molecule has 0 atom stereocenters. The monoisotopic (exact) mass is 353 g/mol. The van der Waals surface area contributed by atoms with Gasteiger partial charge in [0.1, 0.15) is 11.6 Å². The Balaban J connectivity index is 2.22. The number of nitrogens with one attached hydrogen (secondary N) is 1. The Kier molecular flexibility index (Phi) is 4.45. The first-order valence-electron chi connectivity index (χ1n) is 6.06. The van der Waals surface area contributed by atoms with E-state index in [0.717, 1.165) is 31.4 Å². The summed E-state index contributed by atoms with van der Waals surface area (Å²) in [5.74, 6) is -1.50. The molecule has 7 heteroatoms. The Morgan fingerprint density at radius 1 is 1.11 bits per heavy atom. The van der Waals surface area contributed by atoms with Crippen LogP contribution in [0.4, 0.5) is 14.5 Å². The fourth-order valence-corrected chi connectivity index (χ4v) is 4.11. The summed E-state index contributed by atoms with van der Waals surface area (Å²) in [6.07, 6.45) is 3.85. The van der Waals surface area contributed by atoms with Crippen LogP contribution in [-0.4, -0.2) is 13.7 Å². The van der Waals surface area contributed by atoms with E-state index >= 15 is 0 Å². The van der Waals surface area contributed by atoms with Crippen molar-refractivity contribution in [2.24, 2.45) is 0 Å². The van der Waals surface area contributed by atoms with Crippen LogP contribution in [-0.2, 0) is 10.0 Å². The molecule has 0 aliphatic heterocycles. The molecule has 0 saturated heterocycles. The summed E-state index contributed by atoms with van der Waals surface area (Å²) in [5.41, 5.74) is -0.341. The third kappa shape index (κ3) is 3.45. The molecule has 1 saturated carbocycles. The van der Waals surface area contributed by atoms with Gasteiger partial charge in [0.05, 0.1) is 15.4 Å². The van der Waals surface area contributed by atoms with Crippen LogP contribution in [0.3, 0.4) is 0 Å². The molecule has 1 aromatic carbocycles. The fourth-order valence-electron chi connectivity index (χ4n) is 2.21. The average molecular weight is 354 g/mol. The number of hydrogen-bond donors (Lipinski definition) is 1. The lowest BCUT2D eigenvalue weighted by molar-refractivity contribution is 0.486. The van der Waals surface area contributed by atoms with E-state index in [-0.39, 0.29) is 10.2 Å². The van der Waals surface area contributed by atoms with Gasteiger partial charge in [-0.15, -0.1) is 0 Å². The smallest absolute Gasteiger partial charge is 0.235 e. The molecule has 0 spiro atoms. The lowest BCUT2D eigenvalue weighted by Gasteiger charge is -2.22. The summed E-state index contributed by atoms with van der Waals surface area (Å²) in [4.78, 5) is 0. The molecule has 0 heterocycles. The normalized spacial score (nSPS) is 17.4. The van der Waals surface area contributed by atoms with E-state index in [2.05, 4.69) is 20.7 Å². The Morgan fingerprint density at radius 3 is 2.37 bits per heavy atom. The molecular formula is C12H14BrF2NO2S. The maximum atomic E-state index is 13.6. The van der Waals surface area contributed by atoms with Crippen molar-refractivity contribution in [2.45, 2.75) is 37.4 Å². The van der Waals surface area contributed by atoms with Crippen LogP contribution < -0.4 is 4.72 Å². The lowest BCUT2D eigenvalue weighted by atomic mass is 10.0.